The number of amides is 1. The van der Waals surface area contributed by atoms with Crippen molar-refractivity contribution in [3.8, 4) is 11.1 Å². The molecule has 2 aromatic rings. The van der Waals surface area contributed by atoms with Crippen LogP contribution in [0.1, 0.15) is 33.3 Å². The zero-order valence-corrected chi connectivity index (χ0v) is 10.4. The fourth-order valence-electron chi connectivity index (χ4n) is 1.99. The molecular formula is C14H14N2O3. The number of rotatable bonds is 4. The van der Waals surface area contributed by atoms with Gasteiger partial charge in [-0.2, -0.15) is 0 Å². The molecule has 98 valence electrons. The molecule has 1 aromatic heterocycles. The van der Waals surface area contributed by atoms with Crippen LogP contribution in [0.25, 0.3) is 11.1 Å². The zero-order valence-electron chi connectivity index (χ0n) is 10.4. The average molecular weight is 258 g/mol. The predicted molar refractivity (Wildman–Crippen MR) is 71.1 cm³/mol. The standard InChI is InChI=1S/C14H14N2O3/c1-2-8-3-5-9(6-4-8)11-10(14(18)19)7-16-12(11)13(15)17/h3-7,16H,2H2,1H3,(H2,15,17)(H,18,19). The van der Waals surface area contributed by atoms with Gasteiger partial charge < -0.3 is 15.8 Å². The number of carbonyl (C=O) groups is 2. The van der Waals surface area contributed by atoms with Crippen molar-refractivity contribution in [2.24, 2.45) is 5.73 Å². The Morgan fingerprint density at radius 3 is 2.37 bits per heavy atom. The largest absolute Gasteiger partial charge is 0.478 e. The lowest BCUT2D eigenvalue weighted by Gasteiger charge is -2.05. The number of hydrogen-bond donors (Lipinski definition) is 3. The second-order valence-electron chi connectivity index (χ2n) is 4.17. The van der Waals surface area contributed by atoms with E-state index >= 15 is 0 Å². The van der Waals surface area contributed by atoms with Gasteiger partial charge in [-0.15, -0.1) is 0 Å². The number of carboxylic acid groups (broad SMARTS) is 1. The van der Waals surface area contributed by atoms with E-state index in [-0.39, 0.29) is 11.3 Å². The third-order valence-electron chi connectivity index (χ3n) is 3.01. The first kappa shape index (κ1) is 12.9. The number of nitrogens with one attached hydrogen (secondary N) is 1. The number of benzene rings is 1. The molecular weight excluding hydrogens is 244 g/mol. The minimum atomic E-state index is -1.10. The van der Waals surface area contributed by atoms with Crippen LogP contribution < -0.4 is 5.73 Å². The Morgan fingerprint density at radius 2 is 1.89 bits per heavy atom. The number of carboxylic acids is 1. The Hall–Kier alpha value is -2.56. The third-order valence-corrected chi connectivity index (χ3v) is 3.01. The van der Waals surface area contributed by atoms with Crippen molar-refractivity contribution in [3.05, 3.63) is 47.3 Å². The number of aromatic carboxylic acids is 1. The summed E-state index contributed by atoms with van der Waals surface area (Å²) in [4.78, 5) is 25.2. The maximum atomic E-state index is 11.4. The minimum absolute atomic E-state index is 0.0399. The van der Waals surface area contributed by atoms with Crippen LogP contribution in [0.2, 0.25) is 0 Å². The molecule has 1 aromatic carbocycles. The van der Waals surface area contributed by atoms with Gasteiger partial charge in [0.1, 0.15) is 5.69 Å². The molecule has 0 fully saturated rings. The summed E-state index contributed by atoms with van der Waals surface area (Å²) in [5.74, 6) is -1.78. The van der Waals surface area contributed by atoms with Gasteiger partial charge in [-0.25, -0.2) is 4.79 Å². The second-order valence-corrected chi connectivity index (χ2v) is 4.17. The minimum Gasteiger partial charge on any atom is -0.478 e. The highest BCUT2D eigenvalue weighted by molar-refractivity contribution is 6.06. The summed E-state index contributed by atoms with van der Waals surface area (Å²) < 4.78 is 0. The normalized spacial score (nSPS) is 10.4. The molecule has 0 aliphatic heterocycles. The highest BCUT2D eigenvalue weighted by Gasteiger charge is 2.20. The molecule has 5 nitrogen and oxygen atoms in total. The van der Waals surface area contributed by atoms with Crippen LogP contribution in [0.5, 0.6) is 0 Å². The molecule has 19 heavy (non-hydrogen) atoms. The molecule has 0 bridgehead atoms. The topological polar surface area (TPSA) is 96.2 Å². The van der Waals surface area contributed by atoms with Crippen LogP contribution in [-0.2, 0) is 6.42 Å². The van der Waals surface area contributed by atoms with E-state index in [0.717, 1.165) is 12.0 Å². The van der Waals surface area contributed by atoms with E-state index in [1.54, 1.807) is 12.1 Å². The van der Waals surface area contributed by atoms with E-state index in [9.17, 15) is 9.59 Å². The van der Waals surface area contributed by atoms with Crippen LogP contribution in [-0.4, -0.2) is 22.0 Å². The van der Waals surface area contributed by atoms with Gasteiger partial charge in [-0.05, 0) is 17.5 Å². The van der Waals surface area contributed by atoms with E-state index in [1.807, 2.05) is 19.1 Å². The molecule has 0 atom stereocenters. The van der Waals surface area contributed by atoms with Gasteiger partial charge >= 0.3 is 5.97 Å². The molecule has 0 aliphatic carbocycles. The van der Waals surface area contributed by atoms with Crippen molar-refractivity contribution in [2.75, 3.05) is 0 Å². The van der Waals surface area contributed by atoms with Gasteiger partial charge in [0.2, 0.25) is 0 Å². The Balaban J connectivity index is 2.60. The van der Waals surface area contributed by atoms with Gasteiger partial charge in [0.15, 0.2) is 0 Å². The average Bonchev–Trinajstić information content (AvgIpc) is 2.83. The molecule has 0 spiro atoms. The first-order chi connectivity index (χ1) is 9.04. The molecule has 0 saturated heterocycles. The molecule has 0 aliphatic rings. The summed E-state index contributed by atoms with van der Waals surface area (Å²) in [6.07, 6.45) is 2.17. The van der Waals surface area contributed by atoms with Gasteiger partial charge in [-0.1, -0.05) is 31.2 Å². The second kappa shape index (κ2) is 4.97. The maximum absolute atomic E-state index is 11.4. The molecule has 0 saturated carbocycles. The lowest BCUT2D eigenvalue weighted by atomic mass is 9.99. The Bertz CT molecular complexity index is 595. The lowest BCUT2D eigenvalue weighted by Crippen LogP contribution is -2.13. The molecule has 4 N–H and O–H groups in total. The Labute approximate surface area is 110 Å². The van der Waals surface area contributed by atoms with E-state index in [0.29, 0.717) is 11.1 Å². The van der Waals surface area contributed by atoms with E-state index in [2.05, 4.69) is 4.98 Å². The molecule has 0 unspecified atom stereocenters. The first-order valence-electron chi connectivity index (χ1n) is 5.88. The predicted octanol–water partition coefficient (Wildman–Crippen LogP) is 2.04. The van der Waals surface area contributed by atoms with Crippen molar-refractivity contribution >= 4 is 11.9 Å². The van der Waals surface area contributed by atoms with Crippen LogP contribution in [0.3, 0.4) is 0 Å². The smallest absolute Gasteiger partial charge is 0.337 e. The van der Waals surface area contributed by atoms with Gasteiger partial charge in [-0.3, -0.25) is 4.79 Å². The molecule has 0 radical (unpaired) electrons. The number of aromatic amines is 1. The van der Waals surface area contributed by atoms with E-state index < -0.39 is 11.9 Å². The summed E-state index contributed by atoms with van der Waals surface area (Å²) in [5.41, 5.74) is 7.54. The van der Waals surface area contributed by atoms with Crippen LogP contribution in [0.4, 0.5) is 0 Å². The number of nitrogens with two attached hydrogens (primary N) is 1. The SMILES string of the molecule is CCc1ccc(-c2c(C(=O)O)c[nH]c2C(N)=O)cc1. The summed E-state index contributed by atoms with van der Waals surface area (Å²) in [6, 6.07) is 7.39. The summed E-state index contributed by atoms with van der Waals surface area (Å²) in [5, 5.41) is 9.15. The molecule has 1 amide bonds. The van der Waals surface area contributed by atoms with Crippen molar-refractivity contribution in [1.82, 2.24) is 4.98 Å². The molecule has 2 rings (SSSR count). The van der Waals surface area contributed by atoms with Crippen molar-refractivity contribution in [1.29, 1.82) is 0 Å². The molecule has 5 heteroatoms. The Kier molecular flexibility index (Phi) is 3.37. The van der Waals surface area contributed by atoms with Crippen LogP contribution >= 0.6 is 0 Å². The zero-order chi connectivity index (χ0) is 14.0. The fourth-order valence-corrected chi connectivity index (χ4v) is 1.99. The van der Waals surface area contributed by atoms with E-state index in [1.165, 1.54) is 6.20 Å². The number of aromatic nitrogens is 1. The summed E-state index contributed by atoms with van der Waals surface area (Å²) in [6.45, 7) is 2.03. The number of H-pyrrole nitrogens is 1. The quantitative estimate of drug-likeness (QED) is 0.782. The first-order valence-corrected chi connectivity index (χ1v) is 5.88. The van der Waals surface area contributed by atoms with E-state index in [4.69, 9.17) is 10.8 Å². The van der Waals surface area contributed by atoms with Crippen molar-refractivity contribution in [3.63, 3.8) is 0 Å². The Morgan fingerprint density at radius 1 is 1.26 bits per heavy atom. The van der Waals surface area contributed by atoms with Gasteiger partial charge in [0.25, 0.3) is 5.91 Å². The van der Waals surface area contributed by atoms with Gasteiger partial charge in [0.05, 0.1) is 5.56 Å². The number of carbonyl (C=O) groups excluding carboxylic acids is 1. The van der Waals surface area contributed by atoms with Gasteiger partial charge in [0, 0.05) is 11.8 Å². The van der Waals surface area contributed by atoms with Crippen molar-refractivity contribution in [2.45, 2.75) is 13.3 Å². The fraction of sp³-hybridized carbons (Fsp3) is 0.143. The summed E-state index contributed by atoms with van der Waals surface area (Å²) in [7, 11) is 0. The highest BCUT2D eigenvalue weighted by atomic mass is 16.4. The third kappa shape index (κ3) is 2.35. The number of aryl methyl sites for hydroxylation is 1. The number of hydrogen-bond acceptors (Lipinski definition) is 2. The number of primary amides is 1. The highest BCUT2D eigenvalue weighted by Crippen LogP contribution is 2.28. The monoisotopic (exact) mass is 258 g/mol. The van der Waals surface area contributed by atoms with Crippen LogP contribution in [0, 0.1) is 0 Å². The molecule has 1 heterocycles. The van der Waals surface area contributed by atoms with Crippen molar-refractivity contribution < 1.29 is 14.7 Å². The van der Waals surface area contributed by atoms with Crippen LogP contribution in [0.15, 0.2) is 30.5 Å². The lowest BCUT2D eigenvalue weighted by molar-refractivity contribution is 0.0698. The maximum Gasteiger partial charge on any atom is 0.337 e. The summed E-state index contributed by atoms with van der Waals surface area (Å²) >= 11 is 0.